The number of anilines is 1. The van der Waals surface area contributed by atoms with Gasteiger partial charge in [-0.3, -0.25) is 9.59 Å². The summed E-state index contributed by atoms with van der Waals surface area (Å²) < 4.78 is 27.9. The molecule has 3 unspecified atom stereocenters. The second-order valence-electron chi connectivity index (χ2n) is 8.80. The molecular weight excluding hydrogens is 426 g/mol. The summed E-state index contributed by atoms with van der Waals surface area (Å²) in [5.41, 5.74) is 1.76. The molecule has 32 heavy (non-hydrogen) atoms. The van der Waals surface area contributed by atoms with Crippen LogP contribution in [0.25, 0.3) is 0 Å². The topological polar surface area (TPSA) is 95.6 Å². The van der Waals surface area contributed by atoms with Gasteiger partial charge in [0.05, 0.1) is 10.9 Å². The van der Waals surface area contributed by atoms with Gasteiger partial charge in [0.15, 0.2) is 0 Å². The molecule has 0 aromatic heterocycles. The monoisotopic (exact) mass is 457 g/mol. The normalized spacial score (nSPS) is 20.4. The zero-order chi connectivity index (χ0) is 23.5. The number of hydrogen-bond donors (Lipinski definition) is 2. The third-order valence-electron chi connectivity index (χ3n) is 5.62. The highest BCUT2D eigenvalue weighted by Crippen LogP contribution is 2.27. The van der Waals surface area contributed by atoms with Gasteiger partial charge in [0.2, 0.25) is 15.9 Å². The summed E-state index contributed by atoms with van der Waals surface area (Å²) in [5.74, 6) is 0.0671. The van der Waals surface area contributed by atoms with Gasteiger partial charge in [-0.25, -0.2) is 8.42 Å². The summed E-state index contributed by atoms with van der Waals surface area (Å²) in [7, 11) is -3.67. The van der Waals surface area contributed by atoms with Crippen LogP contribution in [0.3, 0.4) is 0 Å². The van der Waals surface area contributed by atoms with Crippen molar-refractivity contribution in [3.05, 3.63) is 59.7 Å². The number of carbonyl (C=O) groups is 2. The Morgan fingerprint density at radius 1 is 1.03 bits per heavy atom. The van der Waals surface area contributed by atoms with Crippen LogP contribution in [0.1, 0.15) is 56.1 Å². The number of carbonyl (C=O) groups excluding carboxylic acids is 2. The number of sulfonamides is 1. The number of amides is 2. The average molecular weight is 458 g/mol. The van der Waals surface area contributed by atoms with Crippen molar-refractivity contribution in [2.75, 3.05) is 18.4 Å². The largest absolute Gasteiger partial charge is 0.346 e. The van der Waals surface area contributed by atoms with Gasteiger partial charge in [-0.15, -0.1) is 0 Å². The van der Waals surface area contributed by atoms with E-state index in [0.29, 0.717) is 30.6 Å². The highest BCUT2D eigenvalue weighted by molar-refractivity contribution is 7.89. The van der Waals surface area contributed by atoms with Gasteiger partial charge in [0, 0.05) is 31.3 Å². The molecule has 2 aromatic carbocycles. The number of nitrogens with zero attached hydrogens (tertiary/aromatic N) is 1. The summed E-state index contributed by atoms with van der Waals surface area (Å²) in [6.45, 7) is 8.37. The zero-order valence-electron chi connectivity index (χ0n) is 19.0. The van der Waals surface area contributed by atoms with Crippen LogP contribution in [0.2, 0.25) is 0 Å². The Labute approximate surface area is 190 Å². The van der Waals surface area contributed by atoms with Gasteiger partial charge < -0.3 is 10.6 Å². The van der Waals surface area contributed by atoms with E-state index in [1.165, 1.54) is 23.4 Å². The molecular formula is C24H31N3O4S. The molecule has 3 rings (SSSR count). The van der Waals surface area contributed by atoms with Crippen molar-refractivity contribution in [2.45, 2.75) is 45.1 Å². The second-order valence-corrected chi connectivity index (χ2v) is 10.7. The molecule has 0 bridgehead atoms. The van der Waals surface area contributed by atoms with Crippen molar-refractivity contribution >= 4 is 27.5 Å². The van der Waals surface area contributed by atoms with Crippen LogP contribution in [-0.2, 0) is 14.8 Å². The highest BCUT2D eigenvalue weighted by atomic mass is 32.2. The number of benzene rings is 2. The lowest BCUT2D eigenvalue weighted by molar-refractivity contribution is -0.114. The van der Waals surface area contributed by atoms with Crippen LogP contribution >= 0.6 is 0 Å². The van der Waals surface area contributed by atoms with E-state index in [2.05, 4.69) is 24.5 Å². The fourth-order valence-corrected chi connectivity index (χ4v) is 5.93. The molecule has 0 spiro atoms. The Kier molecular flexibility index (Phi) is 7.36. The van der Waals surface area contributed by atoms with Crippen molar-refractivity contribution in [1.29, 1.82) is 0 Å². The third kappa shape index (κ3) is 5.75. The minimum Gasteiger partial charge on any atom is -0.346 e. The molecule has 8 heteroatoms. The Morgan fingerprint density at radius 3 is 2.34 bits per heavy atom. The fraction of sp³-hybridized carbons (Fsp3) is 0.417. The van der Waals surface area contributed by atoms with Crippen molar-refractivity contribution in [2.24, 2.45) is 11.8 Å². The maximum Gasteiger partial charge on any atom is 0.251 e. The van der Waals surface area contributed by atoms with Crippen molar-refractivity contribution in [3.8, 4) is 0 Å². The van der Waals surface area contributed by atoms with Crippen LogP contribution < -0.4 is 10.6 Å². The number of piperidine rings is 1. The molecule has 1 heterocycles. The molecule has 1 saturated heterocycles. The lowest BCUT2D eigenvalue weighted by atomic mass is 9.94. The first-order valence-corrected chi connectivity index (χ1v) is 12.3. The van der Waals surface area contributed by atoms with Gasteiger partial charge in [-0.1, -0.05) is 32.0 Å². The fourth-order valence-electron chi connectivity index (χ4n) is 4.20. The van der Waals surface area contributed by atoms with E-state index in [1.807, 2.05) is 13.0 Å². The summed E-state index contributed by atoms with van der Waals surface area (Å²) >= 11 is 0. The van der Waals surface area contributed by atoms with E-state index in [-0.39, 0.29) is 28.3 Å². The van der Waals surface area contributed by atoms with E-state index >= 15 is 0 Å². The van der Waals surface area contributed by atoms with E-state index < -0.39 is 10.0 Å². The lowest BCUT2D eigenvalue weighted by Crippen LogP contribution is -2.42. The summed E-state index contributed by atoms with van der Waals surface area (Å²) in [5, 5.41) is 5.63. The van der Waals surface area contributed by atoms with Gasteiger partial charge in [0.1, 0.15) is 0 Å². The van der Waals surface area contributed by atoms with Gasteiger partial charge >= 0.3 is 0 Å². The van der Waals surface area contributed by atoms with Gasteiger partial charge in [0.25, 0.3) is 5.91 Å². The molecule has 2 aromatic rings. The second kappa shape index (κ2) is 9.83. The first-order chi connectivity index (χ1) is 15.1. The predicted molar refractivity (Wildman–Crippen MR) is 125 cm³/mol. The maximum atomic E-state index is 13.2. The highest BCUT2D eigenvalue weighted by Gasteiger charge is 2.32. The predicted octanol–water partition coefficient (Wildman–Crippen LogP) is 3.80. The zero-order valence-corrected chi connectivity index (χ0v) is 19.8. The molecule has 0 saturated carbocycles. The molecule has 2 amide bonds. The minimum atomic E-state index is -3.67. The number of rotatable bonds is 6. The SMILES string of the molecule is CC(=O)Nc1cccc(C(C)NC(=O)c2cccc(S(=O)(=O)N3CC(C)CC(C)C3)c2)c1. The molecule has 7 nitrogen and oxygen atoms in total. The molecule has 3 atom stereocenters. The number of hydrogen-bond acceptors (Lipinski definition) is 4. The third-order valence-corrected chi connectivity index (χ3v) is 7.45. The molecule has 0 radical (unpaired) electrons. The molecule has 1 aliphatic heterocycles. The van der Waals surface area contributed by atoms with Gasteiger partial charge in [-0.2, -0.15) is 4.31 Å². The standard InChI is InChI=1S/C24H31N3O4S/c1-16-11-17(2)15-27(14-16)32(30,31)23-10-6-8-21(13-23)24(29)25-18(3)20-7-5-9-22(12-20)26-19(4)28/h5-10,12-13,16-18H,11,14-15H2,1-4H3,(H,25,29)(H,26,28). The van der Waals surface area contributed by atoms with E-state index in [9.17, 15) is 18.0 Å². The quantitative estimate of drug-likeness (QED) is 0.690. The van der Waals surface area contributed by atoms with E-state index in [0.717, 1.165) is 12.0 Å². The molecule has 0 aliphatic carbocycles. The van der Waals surface area contributed by atoms with Crippen LogP contribution in [0.5, 0.6) is 0 Å². The molecule has 2 N–H and O–H groups in total. The van der Waals surface area contributed by atoms with Crippen LogP contribution in [0.15, 0.2) is 53.4 Å². The van der Waals surface area contributed by atoms with Gasteiger partial charge in [-0.05, 0) is 61.1 Å². The molecule has 172 valence electrons. The van der Waals surface area contributed by atoms with Crippen LogP contribution in [0.4, 0.5) is 5.69 Å². The van der Waals surface area contributed by atoms with E-state index in [1.54, 1.807) is 30.3 Å². The van der Waals surface area contributed by atoms with Crippen molar-refractivity contribution in [1.82, 2.24) is 9.62 Å². The summed E-state index contributed by atoms with van der Waals surface area (Å²) in [4.78, 5) is 24.3. The summed E-state index contributed by atoms with van der Waals surface area (Å²) in [6, 6.07) is 13.1. The molecule has 1 fully saturated rings. The minimum absolute atomic E-state index is 0.131. The Morgan fingerprint density at radius 2 is 1.69 bits per heavy atom. The average Bonchev–Trinajstić information content (AvgIpc) is 2.72. The Bertz CT molecular complexity index is 1090. The first-order valence-electron chi connectivity index (χ1n) is 10.8. The summed E-state index contributed by atoms with van der Waals surface area (Å²) in [6.07, 6.45) is 1.01. The maximum absolute atomic E-state index is 13.2. The van der Waals surface area contributed by atoms with Crippen LogP contribution in [0, 0.1) is 11.8 Å². The van der Waals surface area contributed by atoms with E-state index in [4.69, 9.17) is 0 Å². The van der Waals surface area contributed by atoms with Crippen LogP contribution in [-0.4, -0.2) is 37.6 Å². The Hall–Kier alpha value is -2.71. The molecule has 1 aliphatic rings. The van der Waals surface area contributed by atoms with Crippen molar-refractivity contribution in [3.63, 3.8) is 0 Å². The smallest absolute Gasteiger partial charge is 0.251 e. The number of nitrogens with one attached hydrogen (secondary N) is 2. The Balaban J connectivity index is 1.76. The lowest BCUT2D eigenvalue weighted by Gasteiger charge is -2.34. The van der Waals surface area contributed by atoms with Crippen molar-refractivity contribution < 1.29 is 18.0 Å². The first kappa shape index (κ1) is 23.9.